The Morgan fingerprint density at radius 2 is 2.00 bits per heavy atom. The first-order valence-corrected chi connectivity index (χ1v) is 4.46. The molecule has 1 aromatic heterocycles. The third-order valence-electron chi connectivity index (χ3n) is 2.45. The van der Waals surface area contributed by atoms with Crippen molar-refractivity contribution in [3.05, 3.63) is 35.8 Å². The average molecular weight is 198 g/mol. The van der Waals surface area contributed by atoms with Crippen LogP contribution in [0.4, 0.5) is 0 Å². The van der Waals surface area contributed by atoms with Crippen molar-refractivity contribution in [1.29, 1.82) is 0 Å². The minimum absolute atomic E-state index is 0.0699. The molecule has 0 amide bonds. The van der Waals surface area contributed by atoms with Crippen LogP contribution in [0, 0.1) is 0 Å². The molecule has 1 heterocycles. The van der Waals surface area contributed by atoms with E-state index in [1.165, 1.54) is 12.4 Å². The van der Waals surface area contributed by atoms with Gasteiger partial charge in [-0.3, -0.25) is 4.79 Å². The number of aromatic hydroxyl groups is 1. The third kappa shape index (κ3) is 0.985. The summed E-state index contributed by atoms with van der Waals surface area (Å²) in [5.74, 6) is -0.0824. The highest BCUT2D eigenvalue weighted by Crippen LogP contribution is 2.30. The maximum absolute atomic E-state index is 11.5. The van der Waals surface area contributed by atoms with Crippen molar-refractivity contribution >= 4 is 22.8 Å². The number of phenolic OH excluding ortho intramolecular Hbond substituents is 1. The predicted molar refractivity (Wildman–Crippen MR) is 54.6 cm³/mol. The highest BCUT2D eigenvalue weighted by atomic mass is 16.3. The number of benzene rings is 1. The van der Waals surface area contributed by atoms with Crippen LogP contribution in [0.5, 0.6) is 5.75 Å². The normalized spacial score (nSPS) is 13.5. The quantitative estimate of drug-likeness (QED) is 0.697. The Hall–Kier alpha value is -2.23. The topological polar surface area (TPSA) is 63.1 Å². The molecule has 72 valence electrons. The molecule has 0 spiro atoms. The number of rotatable bonds is 0. The lowest BCUT2D eigenvalue weighted by atomic mass is 9.98. The molecule has 1 aliphatic rings. The first-order valence-electron chi connectivity index (χ1n) is 4.46. The summed E-state index contributed by atoms with van der Waals surface area (Å²) in [4.78, 5) is 19.4. The number of carbonyl (C=O) groups is 1. The summed E-state index contributed by atoms with van der Waals surface area (Å²) in [6, 6.07) is 3.31. The summed E-state index contributed by atoms with van der Waals surface area (Å²) in [6.07, 6.45) is 4.47. The highest BCUT2D eigenvalue weighted by Gasteiger charge is 2.18. The molecule has 0 aliphatic heterocycles. The van der Waals surface area contributed by atoms with Gasteiger partial charge in [-0.15, -0.1) is 0 Å². The second-order valence-electron chi connectivity index (χ2n) is 3.32. The molecule has 4 heteroatoms. The number of allylic oxidation sites excluding steroid dienone is 1. The van der Waals surface area contributed by atoms with Gasteiger partial charge >= 0.3 is 0 Å². The van der Waals surface area contributed by atoms with Gasteiger partial charge in [-0.2, -0.15) is 0 Å². The van der Waals surface area contributed by atoms with Crippen molar-refractivity contribution < 1.29 is 9.90 Å². The minimum Gasteiger partial charge on any atom is -0.506 e. The van der Waals surface area contributed by atoms with Crippen LogP contribution in [0.1, 0.15) is 16.1 Å². The van der Waals surface area contributed by atoms with E-state index >= 15 is 0 Å². The lowest BCUT2D eigenvalue weighted by molar-refractivity contribution is 0.104. The number of hydrogen-bond acceptors (Lipinski definition) is 4. The fourth-order valence-corrected chi connectivity index (χ4v) is 1.75. The second-order valence-corrected chi connectivity index (χ2v) is 3.32. The molecule has 0 fully saturated rings. The Morgan fingerprint density at radius 3 is 2.87 bits per heavy atom. The number of nitrogens with zero attached hydrogens (tertiary/aromatic N) is 2. The first kappa shape index (κ1) is 8.11. The molecule has 1 N–H and O–H groups in total. The number of aromatic nitrogens is 2. The van der Waals surface area contributed by atoms with E-state index in [-0.39, 0.29) is 11.5 Å². The van der Waals surface area contributed by atoms with Gasteiger partial charge in [-0.1, -0.05) is 12.1 Å². The lowest BCUT2D eigenvalue weighted by Crippen LogP contribution is -2.05. The zero-order chi connectivity index (χ0) is 10.4. The van der Waals surface area contributed by atoms with Gasteiger partial charge in [0, 0.05) is 5.39 Å². The van der Waals surface area contributed by atoms with E-state index in [1.807, 2.05) is 0 Å². The molecule has 0 unspecified atom stereocenters. The van der Waals surface area contributed by atoms with Crippen LogP contribution in [0.15, 0.2) is 24.5 Å². The van der Waals surface area contributed by atoms with Crippen molar-refractivity contribution in [3.63, 3.8) is 0 Å². The van der Waals surface area contributed by atoms with E-state index in [1.54, 1.807) is 18.2 Å². The third-order valence-corrected chi connectivity index (χ3v) is 2.45. The van der Waals surface area contributed by atoms with Gasteiger partial charge in [0.05, 0.1) is 0 Å². The molecule has 0 atom stereocenters. The molecular formula is C11H6N2O2. The second kappa shape index (κ2) is 2.63. The standard InChI is InChI=1S/C11H6N2O2/c14-7-3-1-6-2-4-8(15)11-9(6)10(7)12-5-13-11/h1-5,14H. The summed E-state index contributed by atoms with van der Waals surface area (Å²) in [5, 5.41) is 10.2. The molecular weight excluding hydrogens is 192 g/mol. The number of carbonyl (C=O) groups excluding carboxylic acids is 1. The van der Waals surface area contributed by atoms with Gasteiger partial charge in [0.2, 0.25) is 5.78 Å². The molecule has 4 nitrogen and oxygen atoms in total. The largest absolute Gasteiger partial charge is 0.506 e. The highest BCUT2D eigenvalue weighted by molar-refractivity contribution is 6.18. The first-order chi connectivity index (χ1) is 7.27. The summed E-state index contributed by atoms with van der Waals surface area (Å²) in [7, 11) is 0. The molecule has 3 rings (SSSR count). The molecule has 2 aromatic rings. The Labute approximate surface area is 84.9 Å². The SMILES string of the molecule is O=C1C=Cc2ccc(O)c3ncnc1c23. The van der Waals surface area contributed by atoms with E-state index in [4.69, 9.17) is 0 Å². The van der Waals surface area contributed by atoms with Crippen LogP contribution in [-0.2, 0) is 0 Å². The zero-order valence-corrected chi connectivity index (χ0v) is 7.64. The molecule has 15 heavy (non-hydrogen) atoms. The number of phenols is 1. The van der Waals surface area contributed by atoms with E-state index < -0.39 is 0 Å². The van der Waals surface area contributed by atoms with Crippen LogP contribution < -0.4 is 0 Å². The number of ketones is 1. The predicted octanol–water partition coefficient (Wildman–Crippen LogP) is 1.54. The van der Waals surface area contributed by atoms with E-state index in [0.717, 1.165) is 5.56 Å². The van der Waals surface area contributed by atoms with Gasteiger partial charge in [-0.25, -0.2) is 9.97 Å². The van der Waals surface area contributed by atoms with Gasteiger partial charge in [0.25, 0.3) is 0 Å². The van der Waals surface area contributed by atoms with Crippen molar-refractivity contribution in [3.8, 4) is 5.75 Å². The zero-order valence-electron chi connectivity index (χ0n) is 7.64. The Balaban J connectivity index is 2.59. The Bertz CT molecular complexity index is 617. The average Bonchev–Trinajstić information content (AvgIpc) is 2.27. The van der Waals surface area contributed by atoms with Crippen LogP contribution in [-0.4, -0.2) is 20.9 Å². The van der Waals surface area contributed by atoms with Crippen molar-refractivity contribution in [2.45, 2.75) is 0 Å². The fraction of sp³-hybridized carbons (Fsp3) is 0. The molecule has 0 radical (unpaired) electrons. The molecule has 1 aliphatic carbocycles. The molecule has 0 saturated heterocycles. The molecule has 0 bridgehead atoms. The van der Waals surface area contributed by atoms with E-state index in [9.17, 15) is 9.90 Å². The van der Waals surface area contributed by atoms with Crippen LogP contribution >= 0.6 is 0 Å². The Morgan fingerprint density at radius 1 is 1.13 bits per heavy atom. The number of hydrogen-bond donors (Lipinski definition) is 1. The van der Waals surface area contributed by atoms with Gasteiger partial charge < -0.3 is 5.11 Å². The summed E-state index contributed by atoms with van der Waals surface area (Å²) < 4.78 is 0. The van der Waals surface area contributed by atoms with E-state index in [2.05, 4.69) is 9.97 Å². The van der Waals surface area contributed by atoms with Gasteiger partial charge in [-0.05, 0) is 17.7 Å². The van der Waals surface area contributed by atoms with Gasteiger partial charge in [0.15, 0.2) is 0 Å². The maximum Gasteiger partial charge on any atom is 0.204 e. The molecule has 1 aromatic carbocycles. The van der Waals surface area contributed by atoms with Crippen LogP contribution in [0.2, 0.25) is 0 Å². The van der Waals surface area contributed by atoms with Crippen molar-refractivity contribution in [1.82, 2.24) is 9.97 Å². The monoisotopic (exact) mass is 198 g/mol. The van der Waals surface area contributed by atoms with Crippen LogP contribution in [0.25, 0.3) is 17.0 Å². The van der Waals surface area contributed by atoms with Crippen LogP contribution in [0.3, 0.4) is 0 Å². The summed E-state index contributed by atoms with van der Waals surface area (Å²) >= 11 is 0. The van der Waals surface area contributed by atoms with Crippen molar-refractivity contribution in [2.24, 2.45) is 0 Å². The molecule has 0 saturated carbocycles. The summed E-state index contributed by atoms with van der Waals surface area (Å²) in [5.41, 5.74) is 1.64. The smallest absolute Gasteiger partial charge is 0.204 e. The van der Waals surface area contributed by atoms with Crippen molar-refractivity contribution in [2.75, 3.05) is 0 Å². The maximum atomic E-state index is 11.5. The van der Waals surface area contributed by atoms with Gasteiger partial charge in [0.1, 0.15) is 23.3 Å². The van der Waals surface area contributed by atoms with E-state index in [0.29, 0.717) is 16.6 Å². The minimum atomic E-state index is -0.152. The summed E-state index contributed by atoms with van der Waals surface area (Å²) in [6.45, 7) is 0. The fourth-order valence-electron chi connectivity index (χ4n) is 1.75. The Kier molecular flexibility index (Phi) is 1.42. The lowest BCUT2D eigenvalue weighted by Gasteiger charge is -2.10.